The molecule has 4 heteroatoms. The van der Waals surface area contributed by atoms with Gasteiger partial charge in [0, 0.05) is 19.1 Å². The molecule has 0 spiro atoms. The first-order valence-corrected chi connectivity index (χ1v) is 8.93. The fraction of sp³-hybridized carbons (Fsp3) is 0.429. The zero-order valence-electron chi connectivity index (χ0n) is 14.7. The van der Waals surface area contributed by atoms with Gasteiger partial charge in [-0.05, 0) is 61.1 Å². The molecule has 0 heterocycles. The number of rotatable bonds is 6. The first kappa shape index (κ1) is 17.9. The maximum absolute atomic E-state index is 13.2. The van der Waals surface area contributed by atoms with Gasteiger partial charge in [0.1, 0.15) is 11.6 Å². The van der Waals surface area contributed by atoms with E-state index in [4.69, 9.17) is 4.74 Å². The van der Waals surface area contributed by atoms with Crippen LogP contribution in [-0.2, 0) is 13.1 Å². The molecule has 0 unspecified atom stereocenters. The minimum absolute atomic E-state index is 0.166. The molecule has 3 nitrogen and oxygen atoms in total. The number of hydrogen-bond donors (Lipinski definition) is 1. The van der Waals surface area contributed by atoms with Crippen LogP contribution in [0.4, 0.5) is 4.39 Å². The lowest BCUT2D eigenvalue weighted by Gasteiger charge is -2.36. The quantitative estimate of drug-likeness (QED) is 0.856. The maximum Gasteiger partial charge on any atom is 0.123 e. The minimum atomic E-state index is -0.205. The molecule has 0 aromatic heterocycles. The van der Waals surface area contributed by atoms with Crippen molar-refractivity contribution < 1.29 is 14.2 Å². The monoisotopic (exact) mass is 343 g/mol. The van der Waals surface area contributed by atoms with Crippen molar-refractivity contribution in [2.45, 2.75) is 50.9 Å². The molecule has 0 saturated heterocycles. The third-order valence-electron chi connectivity index (χ3n) is 5.00. The summed E-state index contributed by atoms with van der Waals surface area (Å²) >= 11 is 0. The molecule has 0 aliphatic heterocycles. The average Bonchev–Trinajstić information content (AvgIpc) is 2.64. The number of methoxy groups -OCH3 is 1. The Morgan fingerprint density at radius 2 is 1.68 bits per heavy atom. The van der Waals surface area contributed by atoms with Crippen molar-refractivity contribution in [3.8, 4) is 5.75 Å². The van der Waals surface area contributed by atoms with Crippen molar-refractivity contribution >= 4 is 0 Å². The Bertz CT molecular complexity index is 666. The van der Waals surface area contributed by atoms with Gasteiger partial charge in [0.05, 0.1) is 13.2 Å². The smallest absolute Gasteiger partial charge is 0.123 e. The Labute approximate surface area is 149 Å². The van der Waals surface area contributed by atoms with Gasteiger partial charge in [0.15, 0.2) is 0 Å². The van der Waals surface area contributed by atoms with E-state index >= 15 is 0 Å². The van der Waals surface area contributed by atoms with Crippen LogP contribution in [0.3, 0.4) is 0 Å². The normalized spacial score (nSPS) is 20.6. The van der Waals surface area contributed by atoms with Gasteiger partial charge in [-0.1, -0.05) is 24.3 Å². The molecular formula is C21H26FNO2. The van der Waals surface area contributed by atoms with Gasteiger partial charge in [-0.2, -0.15) is 0 Å². The fourth-order valence-electron chi connectivity index (χ4n) is 3.57. The lowest BCUT2D eigenvalue weighted by molar-refractivity contribution is 0.0665. The third-order valence-corrected chi connectivity index (χ3v) is 5.00. The Kier molecular flexibility index (Phi) is 6.05. The highest BCUT2D eigenvalue weighted by Gasteiger charge is 2.25. The second-order valence-corrected chi connectivity index (χ2v) is 6.85. The van der Waals surface area contributed by atoms with Gasteiger partial charge < -0.3 is 9.84 Å². The van der Waals surface area contributed by atoms with Crippen LogP contribution in [-0.4, -0.2) is 29.3 Å². The number of aliphatic hydroxyl groups excluding tert-OH is 1. The molecule has 3 rings (SSSR count). The molecule has 0 atom stereocenters. The summed E-state index contributed by atoms with van der Waals surface area (Å²) in [5.41, 5.74) is 2.31. The van der Waals surface area contributed by atoms with Gasteiger partial charge in [0.25, 0.3) is 0 Å². The van der Waals surface area contributed by atoms with Crippen LogP contribution in [0.25, 0.3) is 0 Å². The lowest BCUT2D eigenvalue weighted by atomic mass is 9.91. The highest BCUT2D eigenvalue weighted by atomic mass is 19.1. The number of benzene rings is 2. The molecule has 2 aromatic carbocycles. The van der Waals surface area contributed by atoms with Crippen molar-refractivity contribution in [3.63, 3.8) is 0 Å². The van der Waals surface area contributed by atoms with E-state index in [9.17, 15) is 9.50 Å². The van der Waals surface area contributed by atoms with Gasteiger partial charge in [0.2, 0.25) is 0 Å². The van der Waals surface area contributed by atoms with Crippen LogP contribution < -0.4 is 4.74 Å². The number of ether oxygens (including phenoxy) is 1. The van der Waals surface area contributed by atoms with Crippen molar-refractivity contribution in [3.05, 3.63) is 65.5 Å². The van der Waals surface area contributed by atoms with Crippen LogP contribution in [0.15, 0.2) is 48.5 Å². The van der Waals surface area contributed by atoms with Crippen LogP contribution in [0.2, 0.25) is 0 Å². The number of hydrogen-bond acceptors (Lipinski definition) is 3. The number of halogens is 1. The third kappa shape index (κ3) is 5.03. The molecule has 1 saturated carbocycles. The summed E-state index contributed by atoms with van der Waals surface area (Å²) in [6, 6.07) is 15.3. The first-order valence-electron chi connectivity index (χ1n) is 8.93. The predicted octanol–water partition coefficient (Wildman–Crippen LogP) is 4.14. The van der Waals surface area contributed by atoms with Gasteiger partial charge in [-0.25, -0.2) is 4.39 Å². The van der Waals surface area contributed by atoms with Crippen molar-refractivity contribution in [1.82, 2.24) is 4.90 Å². The van der Waals surface area contributed by atoms with Crippen molar-refractivity contribution in [2.75, 3.05) is 7.11 Å². The van der Waals surface area contributed by atoms with Crippen LogP contribution in [0.1, 0.15) is 36.8 Å². The Hall–Kier alpha value is -1.91. The van der Waals surface area contributed by atoms with E-state index in [1.807, 2.05) is 24.3 Å². The van der Waals surface area contributed by atoms with E-state index in [-0.39, 0.29) is 11.9 Å². The maximum atomic E-state index is 13.2. The molecule has 2 aromatic rings. The molecule has 1 aliphatic rings. The summed E-state index contributed by atoms with van der Waals surface area (Å²) in [6.45, 7) is 1.59. The van der Waals surface area contributed by atoms with Crippen LogP contribution >= 0.6 is 0 Å². The van der Waals surface area contributed by atoms with E-state index in [0.717, 1.165) is 50.1 Å². The Balaban J connectivity index is 1.76. The molecular weight excluding hydrogens is 317 g/mol. The van der Waals surface area contributed by atoms with Crippen LogP contribution in [0, 0.1) is 5.82 Å². The van der Waals surface area contributed by atoms with Gasteiger partial charge in [-0.3, -0.25) is 4.90 Å². The summed E-state index contributed by atoms with van der Waals surface area (Å²) < 4.78 is 18.5. The molecule has 1 fully saturated rings. The topological polar surface area (TPSA) is 32.7 Å². The van der Waals surface area contributed by atoms with Crippen molar-refractivity contribution in [2.24, 2.45) is 0 Å². The van der Waals surface area contributed by atoms with Gasteiger partial charge >= 0.3 is 0 Å². The average molecular weight is 343 g/mol. The fourth-order valence-corrected chi connectivity index (χ4v) is 3.57. The summed E-state index contributed by atoms with van der Waals surface area (Å²) in [5.74, 6) is 0.655. The lowest BCUT2D eigenvalue weighted by Crippen LogP contribution is -2.38. The number of aliphatic hydroxyl groups is 1. The second-order valence-electron chi connectivity index (χ2n) is 6.85. The molecule has 0 amide bonds. The van der Waals surface area contributed by atoms with E-state index in [2.05, 4.69) is 17.0 Å². The first-order chi connectivity index (χ1) is 12.1. The zero-order chi connectivity index (χ0) is 17.6. The minimum Gasteiger partial charge on any atom is -0.497 e. The highest BCUT2D eigenvalue weighted by molar-refractivity contribution is 5.28. The number of nitrogens with zero attached hydrogens (tertiary/aromatic N) is 1. The molecule has 1 N–H and O–H groups in total. The molecule has 1 aliphatic carbocycles. The zero-order valence-corrected chi connectivity index (χ0v) is 14.7. The molecule has 25 heavy (non-hydrogen) atoms. The molecule has 0 bridgehead atoms. The predicted molar refractivity (Wildman–Crippen MR) is 96.9 cm³/mol. The molecule has 0 radical (unpaired) electrons. The van der Waals surface area contributed by atoms with Crippen molar-refractivity contribution in [1.29, 1.82) is 0 Å². The summed E-state index contributed by atoms with van der Waals surface area (Å²) in [4.78, 5) is 2.44. The largest absolute Gasteiger partial charge is 0.497 e. The van der Waals surface area contributed by atoms with E-state index in [1.54, 1.807) is 7.11 Å². The summed E-state index contributed by atoms with van der Waals surface area (Å²) in [7, 11) is 1.68. The van der Waals surface area contributed by atoms with E-state index in [1.165, 1.54) is 17.7 Å². The second kappa shape index (κ2) is 8.45. The van der Waals surface area contributed by atoms with E-state index in [0.29, 0.717) is 6.04 Å². The standard InChI is InChI=1S/C21H26FNO2/c1-25-21-4-2-3-17(13-21)15-23(19-9-11-20(24)12-10-19)14-16-5-7-18(22)8-6-16/h2-8,13,19-20,24H,9-12,14-15H2,1H3. The highest BCUT2D eigenvalue weighted by Crippen LogP contribution is 2.27. The SMILES string of the molecule is COc1cccc(CN(Cc2ccc(F)cc2)C2CCC(O)CC2)c1. The molecule has 134 valence electrons. The Morgan fingerprint density at radius 1 is 1.00 bits per heavy atom. The van der Waals surface area contributed by atoms with Gasteiger partial charge in [-0.15, -0.1) is 0 Å². The van der Waals surface area contributed by atoms with Crippen LogP contribution in [0.5, 0.6) is 5.75 Å². The Morgan fingerprint density at radius 3 is 2.36 bits per heavy atom. The summed E-state index contributed by atoms with van der Waals surface area (Å²) in [6.07, 6.45) is 3.52. The van der Waals surface area contributed by atoms with E-state index < -0.39 is 0 Å². The summed E-state index contributed by atoms with van der Waals surface area (Å²) in [5, 5.41) is 9.81.